The standard InChI is InChI=1S/C15H24O2/c1-5-15(17-6-2)14(16)10-13-11(3)8-7-9-12(13)4/h7-9,14-16H,5-6,10H2,1-4H3. The summed E-state index contributed by atoms with van der Waals surface area (Å²) in [4.78, 5) is 0. The number of aliphatic hydroxyl groups is 1. The van der Waals surface area contributed by atoms with Crippen LogP contribution in [0.5, 0.6) is 0 Å². The molecule has 2 atom stereocenters. The number of rotatable bonds is 6. The smallest absolute Gasteiger partial charge is 0.0842 e. The van der Waals surface area contributed by atoms with Crippen LogP contribution in [0.25, 0.3) is 0 Å². The lowest BCUT2D eigenvalue weighted by molar-refractivity contribution is -0.0335. The van der Waals surface area contributed by atoms with Gasteiger partial charge in [-0.3, -0.25) is 0 Å². The molecule has 0 spiro atoms. The van der Waals surface area contributed by atoms with E-state index in [0.717, 1.165) is 6.42 Å². The van der Waals surface area contributed by atoms with E-state index in [1.54, 1.807) is 0 Å². The third kappa shape index (κ3) is 3.83. The summed E-state index contributed by atoms with van der Waals surface area (Å²) >= 11 is 0. The average molecular weight is 236 g/mol. The lowest BCUT2D eigenvalue weighted by atomic mass is 9.95. The van der Waals surface area contributed by atoms with Gasteiger partial charge < -0.3 is 9.84 Å². The fraction of sp³-hybridized carbons (Fsp3) is 0.600. The predicted molar refractivity (Wildman–Crippen MR) is 71.3 cm³/mol. The first-order valence-electron chi connectivity index (χ1n) is 6.44. The summed E-state index contributed by atoms with van der Waals surface area (Å²) in [5.74, 6) is 0. The van der Waals surface area contributed by atoms with E-state index in [2.05, 4.69) is 32.0 Å². The van der Waals surface area contributed by atoms with Gasteiger partial charge in [0.2, 0.25) is 0 Å². The van der Waals surface area contributed by atoms with Crippen molar-refractivity contribution in [2.24, 2.45) is 0 Å². The highest BCUT2D eigenvalue weighted by Crippen LogP contribution is 2.18. The molecule has 96 valence electrons. The predicted octanol–water partition coefficient (Wildman–Crippen LogP) is 3.02. The Labute approximate surface area is 105 Å². The minimum absolute atomic E-state index is 0.0565. The Bertz CT molecular complexity index is 327. The lowest BCUT2D eigenvalue weighted by Crippen LogP contribution is -2.30. The first kappa shape index (κ1) is 14.2. The van der Waals surface area contributed by atoms with Crippen molar-refractivity contribution in [3.63, 3.8) is 0 Å². The molecule has 2 unspecified atom stereocenters. The fourth-order valence-corrected chi connectivity index (χ4v) is 2.23. The van der Waals surface area contributed by atoms with Gasteiger partial charge in [-0.1, -0.05) is 25.1 Å². The van der Waals surface area contributed by atoms with Crippen LogP contribution < -0.4 is 0 Å². The molecular formula is C15H24O2. The molecule has 1 aromatic rings. The van der Waals surface area contributed by atoms with Crippen molar-refractivity contribution < 1.29 is 9.84 Å². The number of ether oxygens (including phenoxy) is 1. The van der Waals surface area contributed by atoms with Crippen molar-refractivity contribution in [3.05, 3.63) is 34.9 Å². The van der Waals surface area contributed by atoms with E-state index in [4.69, 9.17) is 4.74 Å². The van der Waals surface area contributed by atoms with Gasteiger partial charge in [0, 0.05) is 13.0 Å². The van der Waals surface area contributed by atoms with Crippen LogP contribution in [0.1, 0.15) is 37.0 Å². The van der Waals surface area contributed by atoms with Gasteiger partial charge in [0.05, 0.1) is 12.2 Å². The van der Waals surface area contributed by atoms with Crippen LogP contribution in [-0.4, -0.2) is 23.9 Å². The van der Waals surface area contributed by atoms with Crippen molar-refractivity contribution in [2.75, 3.05) is 6.61 Å². The highest BCUT2D eigenvalue weighted by molar-refractivity contribution is 5.34. The first-order chi connectivity index (χ1) is 8.10. The van der Waals surface area contributed by atoms with Crippen LogP contribution in [0.4, 0.5) is 0 Å². The van der Waals surface area contributed by atoms with Gasteiger partial charge in [0.15, 0.2) is 0 Å². The molecule has 0 amide bonds. The van der Waals surface area contributed by atoms with Gasteiger partial charge in [-0.15, -0.1) is 0 Å². The summed E-state index contributed by atoms with van der Waals surface area (Å²) < 4.78 is 5.55. The number of aliphatic hydroxyl groups excluding tert-OH is 1. The number of benzene rings is 1. The number of hydrogen-bond acceptors (Lipinski definition) is 2. The summed E-state index contributed by atoms with van der Waals surface area (Å²) in [6.45, 7) is 8.86. The van der Waals surface area contributed by atoms with Crippen molar-refractivity contribution >= 4 is 0 Å². The zero-order chi connectivity index (χ0) is 12.8. The maximum absolute atomic E-state index is 10.2. The minimum Gasteiger partial charge on any atom is -0.390 e. The van der Waals surface area contributed by atoms with Gasteiger partial charge >= 0.3 is 0 Å². The SMILES string of the molecule is CCOC(CC)C(O)Cc1c(C)cccc1C. The summed E-state index contributed by atoms with van der Waals surface area (Å²) in [5.41, 5.74) is 3.74. The average Bonchev–Trinajstić information content (AvgIpc) is 2.30. The highest BCUT2D eigenvalue weighted by atomic mass is 16.5. The van der Waals surface area contributed by atoms with E-state index >= 15 is 0 Å². The second-order valence-electron chi connectivity index (χ2n) is 4.54. The molecule has 0 saturated carbocycles. The van der Waals surface area contributed by atoms with Gasteiger partial charge in [-0.05, 0) is 43.9 Å². The van der Waals surface area contributed by atoms with E-state index in [1.165, 1.54) is 16.7 Å². The van der Waals surface area contributed by atoms with Gasteiger partial charge in [0.25, 0.3) is 0 Å². The third-order valence-corrected chi connectivity index (χ3v) is 3.27. The molecule has 0 heterocycles. The Morgan fingerprint density at radius 1 is 1.18 bits per heavy atom. The molecule has 0 aromatic heterocycles. The second-order valence-corrected chi connectivity index (χ2v) is 4.54. The third-order valence-electron chi connectivity index (χ3n) is 3.27. The Kier molecular flexibility index (Phi) is 5.66. The van der Waals surface area contributed by atoms with E-state index in [0.29, 0.717) is 13.0 Å². The molecule has 0 bridgehead atoms. The molecule has 0 radical (unpaired) electrons. The van der Waals surface area contributed by atoms with Gasteiger partial charge in [0.1, 0.15) is 0 Å². The Balaban J connectivity index is 2.76. The van der Waals surface area contributed by atoms with E-state index in [9.17, 15) is 5.11 Å². The van der Waals surface area contributed by atoms with Crippen molar-refractivity contribution in [2.45, 2.75) is 52.7 Å². The molecule has 0 aliphatic rings. The summed E-state index contributed by atoms with van der Waals surface area (Å²) in [6.07, 6.45) is 1.05. The first-order valence-corrected chi connectivity index (χ1v) is 6.44. The summed E-state index contributed by atoms with van der Waals surface area (Å²) in [7, 11) is 0. The molecule has 0 saturated heterocycles. The van der Waals surface area contributed by atoms with Gasteiger partial charge in [-0.25, -0.2) is 0 Å². The minimum atomic E-state index is -0.417. The molecule has 2 nitrogen and oxygen atoms in total. The summed E-state index contributed by atoms with van der Waals surface area (Å²) in [5, 5.41) is 10.2. The lowest BCUT2D eigenvalue weighted by Gasteiger charge is -2.23. The fourth-order valence-electron chi connectivity index (χ4n) is 2.23. The van der Waals surface area contributed by atoms with Crippen molar-refractivity contribution in [3.8, 4) is 0 Å². The van der Waals surface area contributed by atoms with E-state index in [1.807, 2.05) is 13.8 Å². The molecule has 1 aromatic carbocycles. The molecule has 0 aliphatic heterocycles. The largest absolute Gasteiger partial charge is 0.390 e. The Morgan fingerprint density at radius 2 is 1.76 bits per heavy atom. The Hall–Kier alpha value is -0.860. The molecule has 1 N–H and O–H groups in total. The van der Waals surface area contributed by atoms with E-state index < -0.39 is 6.10 Å². The molecule has 17 heavy (non-hydrogen) atoms. The van der Waals surface area contributed by atoms with Crippen LogP contribution in [-0.2, 0) is 11.2 Å². The zero-order valence-electron chi connectivity index (χ0n) is 11.4. The highest BCUT2D eigenvalue weighted by Gasteiger charge is 2.19. The van der Waals surface area contributed by atoms with E-state index in [-0.39, 0.29) is 6.10 Å². The number of aryl methyl sites for hydroxylation is 2. The van der Waals surface area contributed by atoms with Crippen molar-refractivity contribution in [1.29, 1.82) is 0 Å². The second kappa shape index (κ2) is 6.77. The maximum Gasteiger partial charge on any atom is 0.0842 e. The van der Waals surface area contributed by atoms with Crippen molar-refractivity contribution in [1.82, 2.24) is 0 Å². The molecule has 2 heteroatoms. The monoisotopic (exact) mass is 236 g/mol. The van der Waals surface area contributed by atoms with Gasteiger partial charge in [-0.2, -0.15) is 0 Å². The number of hydrogen-bond donors (Lipinski definition) is 1. The molecule has 0 aliphatic carbocycles. The molecule has 1 rings (SSSR count). The molecule has 0 fully saturated rings. The van der Waals surface area contributed by atoms with Crippen LogP contribution >= 0.6 is 0 Å². The van der Waals surface area contributed by atoms with Crippen LogP contribution in [0, 0.1) is 13.8 Å². The maximum atomic E-state index is 10.2. The van der Waals surface area contributed by atoms with Crippen LogP contribution in [0.15, 0.2) is 18.2 Å². The molecular weight excluding hydrogens is 212 g/mol. The Morgan fingerprint density at radius 3 is 2.24 bits per heavy atom. The normalized spacial score (nSPS) is 14.6. The topological polar surface area (TPSA) is 29.5 Å². The zero-order valence-corrected chi connectivity index (χ0v) is 11.4. The summed E-state index contributed by atoms with van der Waals surface area (Å²) in [6, 6.07) is 6.24. The quantitative estimate of drug-likeness (QED) is 0.822. The van der Waals surface area contributed by atoms with Crippen LogP contribution in [0.2, 0.25) is 0 Å². The van der Waals surface area contributed by atoms with Crippen LogP contribution in [0.3, 0.4) is 0 Å².